The molecule has 0 radical (unpaired) electrons. The van der Waals surface area contributed by atoms with Crippen molar-refractivity contribution in [3.63, 3.8) is 0 Å². The summed E-state index contributed by atoms with van der Waals surface area (Å²) in [6.45, 7) is 3.05. The molecule has 0 unspecified atom stereocenters. The van der Waals surface area contributed by atoms with Gasteiger partial charge in [-0.3, -0.25) is 4.79 Å². The average Bonchev–Trinajstić information content (AvgIpc) is 2.65. The zero-order valence-electron chi connectivity index (χ0n) is 15.3. The highest BCUT2D eigenvalue weighted by Crippen LogP contribution is 2.29. The second-order valence-corrected chi connectivity index (χ2v) is 6.26. The van der Waals surface area contributed by atoms with E-state index in [9.17, 15) is 18.0 Å². The van der Waals surface area contributed by atoms with Gasteiger partial charge in [-0.05, 0) is 30.3 Å². The van der Waals surface area contributed by atoms with Crippen LogP contribution in [0, 0.1) is 0 Å². The van der Waals surface area contributed by atoms with Crippen LogP contribution in [0.25, 0.3) is 17.5 Å². The van der Waals surface area contributed by atoms with E-state index in [0.29, 0.717) is 16.7 Å². The summed E-state index contributed by atoms with van der Waals surface area (Å²) in [5, 5.41) is 0. The number of alkyl halides is 3. The quantitative estimate of drug-likeness (QED) is 0.476. The number of aldehydes is 1. The first-order valence-electron chi connectivity index (χ1n) is 8.72. The lowest BCUT2D eigenvalue weighted by Crippen LogP contribution is -2.11. The fourth-order valence-corrected chi connectivity index (χ4v) is 2.48. The SMILES string of the molecule is CCCCCN(C)/C=C\c1cc(-c2ncc(C(F)(F)F)cn2)ccc1C=O. The molecule has 144 valence electrons. The van der Waals surface area contributed by atoms with Crippen LogP contribution >= 0.6 is 0 Å². The van der Waals surface area contributed by atoms with Crippen molar-refractivity contribution < 1.29 is 18.0 Å². The van der Waals surface area contributed by atoms with Gasteiger partial charge in [0.2, 0.25) is 0 Å². The molecule has 2 aromatic rings. The number of benzene rings is 1. The molecule has 4 nitrogen and oxygen atoms in total. The van der Waals surface area contributed by atoms with Crippen molar-refractivity contribution in [2.45, 2.75) is 32.4 Å². The molecule has 0 aliphatic heterocycles. The summed E-state index contributed by atoms with van der Waals surface area (Å²) in [5.41, 5.74) is 0.796. The summed E-state index contributed by atoms with van der Waals surface area (Å²) in [6.07, 6.45) is 4.85. The molecule has 0 N–H and O–H groups in total. The highest BCUT2D eigenvalue weighted by atomic mass is 19.4. The Balaban J connectivity index is 2.23. The van der Waals surface area contributed by atoms with E-state index in [4.69, 9.17) is 0 Å². The van der Waals surface area contributed by atoms with Crippen LogP contribution in [-0.2, 0) is 6.18 Å². The Morgan fingerprint density at radius 2 is 1.81 bits per heavy atom. The molecule has 0 aliphatic rings. The number of unbranched alkanes of at least 4 members (excludes halogenated alkanes) is 2. The largest absolute Gasteiger partial charge is 0.419 e. The molecule has 1 aromatic heterocycles. The van der Waals surface area contributed by atoms with E-state index in [0.717, 1.165) is 44.5 Å². The van der Waals surface area contributed by atoms with Gasteiger partial charge in [0, 0.05) is 37.1 Å². The molecule has 0 saturated carbocycles. The molecule has 0 bridgehead atoms. The van der Waals surface area contributed by atoms with Crippen molar-refractivity contribution >= 4 is 12.4 Å². The van der Waals surface area contributed by atoms with E-state index < -0.39 is 11.7 Å². The molecule has 2 rings (SSSR count). The monoisotopic (exact) mass is 377 g/mol. The normalized spacial score (nSPS) is 11.7. The van der Waals surface area contributed by atoms with Crippen LogP contribution < -0.4 is 0 Å². The van der Waals surface area contributed by atoms with Crippen molar-refractivity contribution in [2.75, 3.05) is 13.6 Å². The highest BCUT2D eigenvalue weighted by Gasteiger charge is 2.31. The smallest absolute Gasteiger partial charge is 0.380 e. The fraction of sp³-hybridized carbons (Fsp3) is 0.350. The van der Waals surface area contributed by atoms with Gasteiger partial charge in [-0.1, -0.05) is 31.9 Å². The number of aromatic nitrogens is 2. The molecule has 0 amide bonds. The van der Waals surface area contributed by atoms with Gasteiger partial charge in [-0.25, -0.2) is 9.97 Å². The number of hydrogen-bond acceptors (Lipinski definition) is 4. The summed E-state index contributed by atoms with van der Waals surface area (Å²) < 4.78 is 37.9. The minimum absolute atomic E-state index is 0.173. The summed E-state index contributed by atoms with van der Waals surface area (Å²) in [7, 11) is 1.95. The molecule has 7 heteroatoms. The first-order chi connectivity index (χ1) is 12.8. The maximum absolute atomic E-state index is 12.6. The Morgan fingerprint density at radius 1 is 1.11 bits per heavy atom. The van der Waals surface area contributed by atoms with Gasteiger partial charge in [0.05, 0.1) is 5.56 Å². The van der Waals surface area contributed by atoms with Gasteiger partial charge < -0.3 is 4.90 Å². The van der Waals surface area contributed by atoms with Crippen molar-refractivity contribution in [2.24, 2.45) is 0 Å². The molecular weight excluding hydrogens is 355 g/mol. The molecule has 0 spiro atoms. The molecule has 1 heterocycles. The van der Waals surface area contributed by atoms with Crippen LogP contribution in [0.2, 0.25) is 0 Å². The maximum Gasteiger partial charge on any atom is 0.419 e. The van der Waals surface area contributed by atoms with Crippen molar-refractivity contribution in [1.82, 2.24) is 14.9 Å². The van der Waals surface area contributed by atoms with E-state index >= 15 is 0 Å². The lowest BCUT2D eigenvalue weighted by Gasteiger charge is -2.13. The topological polar surface area (TPSA) is 46.1 Å². The lowest BCUT2D eigenvalue weighted by molar-refractivity contribution is -0.138. The van der Waals surface area contributed by atoms with Gasteiger partial charge in [0.25, 0.3) is 0 Å². The van der Waals surface area contributed by atoms with Gasteiger partial charge >= 0.3 is 6.18 Å². The summed E-state index contributed by atoms with van der Waals surface area (Å²) in [4.78, 5) is 20.9. The zero-order valence-corrected chi connectivity index (χ0v) is 15.3. The van der Waals surface area contributed by atoms with Crippen LogP contribution in [0.1, 0.15) is 47.7 Å². The Bertz CT molecular complexity index is 786. The van der Waals surface area contributed by atoms with Crippen molar-refractivity contribution in [1.29, 1.82) is 0 Å². The Kier molecular flexibility index (Phi) is 7.10. The third kappa shape index (κ3) is 5.91. The zero-order chi connectivity index (χ0) is 19.9. The van der Waals surface area contributed by atoms with Gasteiger partial charge in [-0.2, -0.15) is 13.2 Å². The molecule has 0 atom stereocenters. The molecule has 27 heavy (non-hydrogen) atoms. The third-order valence-electron chi connectivity index (χ3n) is 4.07. The summed E-state index contributed by atoms with van der Waals surface area (Å²) in [5.74, 6) is 0.173. The third-order valence-corrected chi connectivity index (χ3v) is 4.07. The number of carbonyl (C=O) groups excluding carboxylic acids is 1. The predicted octanol–water partition coefficient (Wildman–Crippen LogP) is 5.07. The van der Waals surface area contributed by atoms with E-state index in [1.165, 1.54) is 0 Å². The highest BCUT2D eigenvalue weighted by molar-refractivity contribution is 5.83. The van der Waals surface area contributed by atoms with Gasteiger partial charge in [0.15, 0.2) is 12.1 Å². The number of rotatable bonds is 8. The Morgan fingerprint density at radius 3 is 2.41 bits per heavy atom. The van der Waals surface area contributed by atoms with Crippen LogP contribution in [-0.4, -0.2) is 34.7 Å². The number of hydrogen-bond donors (Lipinski definition) is 0. The van der Waals surface area contributed by atoms with Crippen LogP contribution in [0.15, 0.2) is 36.8 Å². The predicted molar refractivity (Wildman–Crippen MR) is 99.0 cm³/mol. The maximum atomic E-state index is 12.6. The van der Waals surface area contributed by atoms with E-state index in [1.54, 1.807) is 18.2 Å². The van der Waals surface area contributed by atoms with Crippen LogP contribution in [0.3, 0.4) is 0 Å². The molecule has 1 aromatic carbocycles. The fourth-order valence-electron chi connectivity index (χ4n) is 2.48. The van der Waals surface area contributed by atoms with Crippen molar-refractivity contribution in [3.8, 4) is 11.4 Å². The number of carbonyl (C=O) groups is 1. The lowest BCUT2D eigenvalue weighted by atomic mass is 10.0. The Labute approximate surface area is 156 Å². The molecule has 0 saturated heterocycles. The minimum Gasteiger partial charge on any atom is -0.380 e. The Hall–Kier alpha value is -2.70. The second kappa shape index (κ2) is 9.30. The minimum atomic E-state index is -4.48. The number of nitrogens with zero attached hydrogens (tertiary/aromatic N) is 3. The van der Waals surface area contributed by atoms with Crippen LogP contribution in [0.4, 0.5) is 13.2 Å². The standard InChI is InChI=1S/C20H22F3N3O/c1-3-4-5-9-26(2)10-8-15-11-16(6-7-17(15)14-27)19-24-12-18(13-25-19)20(21,22)23/h6-8,10-14H,3-5,9H2,1-2H3/b10-8-. The average molecular weight is 377 g/mol. The molecule has 0 aliphatic carbocycles. The molecular formula is C20H22F3N3O. The van der Waals surface area contributed by atoms with E-state index in [-0.39, 0.29) is 5.82 Å². The second-order valence-electron chi connectivity index (χ2n) is 6.26. The summed E-state index contributed by atoms with van der Waals surface area (Å²) >= 11 is 0. The van der Waals surface area contributed by atoms with Gasteiger partial charge in [0.1, 0.15) is 0 Å². The van der Waals surface area contributed by atoms with Crippen LogP contribution in [0.5, 0.6) is 0 Å². The molecule has 0 fully saturated rings. The van der Waals surface area contributed by atoms with Gasteiger partial charge in [-0.15, -0.1) is 0 Å². The number of halogens is 3. The first kappa shape index (κ1) is 20.6. The first-order valence-corrected chi connectivity index (χ1v) is 8.72. The van der Waals surface area contributed by atoms with Crippen molar-refractivity contribution in [3.05, 3.63) is 53.5 Å². The van der Waals surface area contributed by atoms with E-state index in [1.807, 2.05) is 24.2 Å². The van der Waals surface area contributed by atoms with E-state index in [2.05, 4.69) is 16.9 Å². The summed E-state index contributed by atoms with van der Waals surface area (Å²) in [6, 6.07) is 4.93.